The topological polar surface area (TPSA) is 189 Å². The number of phenolic OH excluding ortho intramolecular Hbond substituents is 1. The summed E-state index contributed by atoms with van der Waals surface area (Å²) in [6.45, 7) is 1.97. The van der Waals surface area contributed by atoms with Crippen molar-refractivity contribution in [3.63, 3.8) is 0 Å². The predicted octanol–water partition coefficient (Wildman–Crippen LogP) is 7.40. The standard InChI is InChI=1S/C25H19ClN6O7S3/c1-12-4-3-5-13-6-7-15(10-17(12)13)31-32-21-19(41-39-38-34)9-14-8-16(42(35,36)37)11-18(20(14)22(21)33)27-24-28-23(26)29-25(30-24)40-2/h3-11,33-34H,1-2H3,(H,35,36,37)(H,27,28,29,30). The third-order valence-electron chi connectivity index (χ3n) is 5.94. The van der Waals surface area contributed by atoms with Crippen molar-refractivity contribution in [1.29, 1.82) is 0 Å². The molecule has 0 saturated heterocycles. The summed E-state index contributed by atoms with van der Waals surface area (Å²) in [5.74, 6) is -0.510. The highest BCUT2D eigenvalue weighted by Gasteiger charge is 2.22. The summed E-state index contributed by atoms with van der Waals surface area (Å²) in [6, 6.07) is 15.0. The van der Waals surface area contributed by atoms with Gasteiger partial charge in [0.05, 0.1) is 33.2 Å². The van der Waals surface area contributed by atoms with Gasteiger partial charge in [0, 0.05) is 5.39 Å². The van der Waals surface area contributed by atoms with Crippen molar-refractivity contribution in [3.8, 4) is 5.75 Å². The molecule has 0 radical (unpaired) electrons. The number of hydrogen-bond acceptors (Lipinski definition) is 14. The molecule has 5 aromatic rings. The number of azo groups is 1. The SMILES string of the molecule is CSc1nc(Cl)nc(Nc2cc(S(=O)(=O)O)cc3cc(SOOO)c(N=Nc4ccc5cccc(C)c5c4)c(O)c23)n1. The van der Waals surface area contributed by atoms with E-state index >= 15 is 0 Å². The molecule has 1 aromatic heterocycles. The summed E-state index contributed by atoms with van der Waals surface area (Å²) in [5, 5.41) is 37.6. The summed E-state index contributed by atoms with van der Waals surface area (Å²) in [4.78, 5) is 11.8. The van der Waals surface area contributed by atoms with Crippen LogP contribution in [-0.4, -0.2) is 44.5 Å². The van der Waals surface area contributed by atoms with E-state index < -0.39 is 20.8 Å². The van der Waals surface area contributed by atoms with Crippen LogP contribution < -0.4 is 5.32 Å². The van der Waals surface area contributed by atoms with Crippen LogP contribution in [0.1, 0.15) is 5.56 Å². The zero-order valence-electron chi connectivity index (χ0n) is 21.5. The van der Waals surface area contributed by atoms with E-state index in [4.69, 9.17) is 16.9 Å². The first kappa shape index (κ1) is 29.9. The number of phenols is 1. The van der Waals surface area contributed by atoms with Gasteiger partial charge in [0.15, 0.2) is 10.9 Å². The average Bonchev–Trinajstić information content (AvgIpc) is 2.95. The molecule has 0 bridgehead atoms. The third kappa shape index (κ3) is 6.40. The maximum atomic E-state index is 12.1. The first-order chi connectivity index (χ1) is 20.1. The van der Waals surface area contributed by atoms with E-state index in [1.54, 1.807) is 12.3 Å². The lowest BCUT2D eigenvalue weighted by Gasteiger charge is -2.15. The first-order valence-corrected chi connectivity index (χ1v) is 15.5. The Balaban J connectivity index is 1.71. The zero-order chi connectivity index (χ0) is 30.0. The predicted molar refractivity (Wildman–Crippen MR) is 159 cm³/mol. The van der Waals surface area contributed by atoms with E-state index in [1.807, 2.05) is 37.3 Å². The van der Waals surface area contributed by atoms with Crippen LogP contribution in [0.15, 0.2) is 79.8 Å². The molecule has 0 fully saturated rings. The number of fused-ring (bicyclic) bond motifs is 2. The van der Waals surface area contributed by atoms with Crippen LogP contribution in [0.2, 0.25) is 5.28 Å². The smallest absolute Gasteiger partial charge is 0.294 e. The van der Waals surface area contributed by atoms with Gasteiger partial charge < -0.3 is 10.4 Å². The maximum absolute atomic E-state index is 12.1. The molecule has 0 atom stereocenters. The van der Waals surface area contributed by atoms with Gasteiger partial charge in [0.2, 0.25) is 11.2 Å². The summed E-state index contributed by atoms with van der Waals surface area (Å²) in [6.07, 6.45) is 1.72. The van der Waals surface area contributed by atoms with Crippen molar-refractivity contribution < 1.29 is 32.7 Å². The molecule has 5 rings (SSSR count). The van der Waals surface area contributed by atoms with Gasteiger partial charge in [0.25, 0.3) is 10.1 Å². The van der Waals surface area contributed by atoms with Crippen LogP contribution in [0.25, 0.3) is 21.5 Å². The average molecular weight is 647 g/mol. The van der Waals surface area contributed by atoms with Gasteiger partial charge in [-0.15, -0.1) is 9.45 Å². The Morgan fingerprint density at radius 2 is 1.83 bits per heavy atom. The summed E-state index contributed by atoms with van der Waals surface area (Å²) >= 11 is 7.68. The fourth-order valence-electron chi connectivity index (χ4n) is 4.11. The second-order valence-corrected chi connectivity index (χ2v) is 11.8. The van der Waals surface area contributed by atoms with Crippen LogP contribution in [0.5, 0.6) is 5.75 Å². The van der Waals surface area contributed by atoms with Crippen molar-refractivity contribution in [2.75, 3.05) is 11.6 Å². The second-order valence-electron chi connectivity index (χ2n) is 8.56. The number of rotatable bonds is 9. The molecule has 4 N–H and O–H groups in total. The van der Waals surface area contributed by atoms with Crippen LogP contribution in [0.3, 0.4) is 0 Å². The summed E-state index contributed by atoms with van der Waals surface area (Å²) in [7, 11) is -4.70. The number of aromatic nitrogens is 3. The van der Waals surface area contributed by atoms with E-state index in [2.05, 4.69) is 39.9 Å². The van der Waals surface area contributed by atoms with E-state index in [-0.39, 0.29) is 43.4 Å². The highest BCUT2D eigenvalue weighted by Crippen LogP contribution is 2.47. The van der Waals surface area contributed by atoms with Crippen molar-refractivity contribution in [1.82, 2.24) is 15.0 Å². The lowest BCUT2D eigenvalue weighted by atomic mass is 10.1. The van der Waals surface area contributed by atoms with Crippen LogP contribution in [-0.2, 0) is 19.5 Å². The molecule has 0 aliphatic heterocycles. The summed E-state index contributed by atoms with van der Waals surface area (Å²) in [5.41, 5.74) is 1.41. The number of aryl methyl sites for hydroxylation is 1. The van der Waals surface area contributed by atoms with Crippen LogP contribution >= 0.6 is 35.4 Å². The maximum Gasteiger partial charge on any atom is 0.294 e. The fraction of sp³-hybridized carbons (Fsp3) is 0.0800. The number of thioether (sulfide) groups is 1. The van der Waals surface area contributed by atoms with Gasteiger partial charge >= 0.3 is 0 Å². The number of nitrogens with one attached hydrogen (secondary N) is 1. The highest BCUT2D eigenvalue weighted by atomic mass is 35.5. The Bertz CT molecular complexity index is 1980. The van der Waals surface area contributed by atoms with Crippen molar-refractivity contribution in [3.05, 3.63) is 65.4 Å². The molecule has 0 aliphatic rings. The van der Waals surface area contributed by atoms with Crippen molar-refractivity contribution >= 4 is 90.1 Å². The van der Waals surface area contributed by atoms with Crippen molar-refractivity contribution in [2.45, 2.75) is 21.9 Å². The fourth-order valence-corrected chi connectivity index (χ4v) is 5.71. The van der Waals surface area contributed by atoms with E-state index in [0.29, 0.717) is 17.7 Å². The van der Waals surface area contributed by atoms with Gasteiger partial charge in [0.1, 0.15) is 5.69 Å². The molecule has 42 heavy (non-hydrogen) atoms. The quantitative estimate of drug-likeness (QED) is 0.0310. The zero-order valence-corrected chi connectivity index (χ0v) is 24.7. The van der Waals surface area contributed by atoms with Crippen LogP contribution in [0.4, 0.5) is 23.0 Å². The van der Waals surface area contributed by atoms with E-state index in [1.165, 1.54) is 17.8 Å². The third-order valence-corrected chi connectivity index (χ3v) is 8.11. The number of aromatic hydroxyl groups is 1. The molecule has 0 aliphatic carbocycles. The molecule has 1 heterocycles. The lowest BCUT2D eigenvalue weighted by molar-refractivity contribution is -0.432. The van der Waals surface area contributed by atoms with E-state index in [9.17, 15) is 18.1 Å². The molecule has 0 saturated carbocycles. The lowest BCUT2D eigenvalue weighted by Crippen LogP contribution is -2.04. The molecule has 13 nitrogen and oxygen atoms in total. The van der Waals surface area contributed by atoms with E-state index in [0.717, 1.165) is 28.5 Å². The minimum Gasteiger partial charge on any atom is -0.505 e. The van der Waals surface area contributed by atoms with Gasteiger partial charge in [-0.1, -0.05) is 41.1 Å². The molecule has 17 heteroatoms. The number of anilines is 2. The number of hydrogen-bond donors (Lipinski definition) is 4. The Morgan fingerprint density at radius 1 is 1.02 bits per heavy atom. The Morgan fingerprint density at radius 3 is 2.57 bits per heavy atom. The highest BCUT2D eigenvalue weighted by molar-refractivity contribution is 7.98. The molecular weight excluding hydrogens is 628 g/mol. The molecule has 0 unspecified atom stereocenters. The van der Waals surface area contributed by atoms with Gasteiger partial charge in [-0.05, 0) is 76.8 Å². The Hall–Kier alpha value is -3.61. The Kier molecular flexibility index (Phi) is 8.76. The summed E-state index contributed by atoms with van der Waals surface area (Å²) < 4.78 is 38.6. The number of benzene rings is 4. The minimum absolute atomic E-state index is 0.0133. The molecule has 0 amide bonds. The second kappa shape index (κ2) is 12.3. The monoisotopic (exact) mass is 646 g/mol. The van der Waals surface area contributed by atoms with Gasteiger partial charge in [-0.25, -0.2) is 5.26 Å². The van der Waals surface area contributed by atoms with Crippen molar-refractivity contribution in [2.24, 2.45) is 10.2 Å². The molecule has 216 valence electrons. The largest absolute Gasteiger partial charge is 0.505 e. The normalized spacial score (nSPS) is 12.0. The minimum atomic E-state index is -4.70. The van der Waals surface area contributed by atoms with Gasteiger partial charge in [-0.2, -0.15) is 28.5 Å². The molecule has 0 spiro atoms. The number of halogens is 1. The molecular formula is C25H19ClN6O7S3. The first-order valence-electron chi connectivity index (χ1n) is 11.7. The molecule has 4 aromatic carbocycles. The van der Waals surface area contributed by atoms with Gasteiger partial charge in [-0.3, -0.25) is 4.55 Å². The van der Waals surface area contributed by atoms with Crippen LogP contribution in [0, 0.1) is 6.92 Å². The Labute approximate surface area is 251 Å². The number of nitrogens with zero attached hydrogens (tertiary/aromatic N) is 5.